The Kier molecular flexibility index (Phi) is 3.02. The summed E-state index contributed by atoms with van der Waals surface area (Å²) in [6.45, 7) is 5.03. The highest BCUT2D eigenvalue weighted by molar-refractivity contribution is 5.13. The van der Waals surface area contributed by atoms with Crippen molar-refractivity contribution in [2.24, 2.45) is 7.05 Å². The molecule has 2 aromatic rings. The molecular formula is C12H19N5. The first-order chi connectivity index (χ1) is 8.03. The topological polar surface area (TPSA) is 47.7 Å². The largest absolute Gasteiger partial charge is 0.327 e. The second-order valence-corrected chi connectivity index (χ2v) is 4.76. The second-order valence-electron chi connectivity index (χ2n) is 4.76. The maximum Gasteiger partial charge on any atom is 0.0952 e. The first kappa shape index (κ1) is 11.9. The number of aryl methyl sites for hydroxylation is 1. The van der Waals surface area contributed by atoms with Gasteiger partial charge in [-0.25, -0.2) is 4.98 Å². The van der Waals surface area contributed by atoms with Gasteiger partial charge in [-0.1, -0.05) is 0 Å². The van der Waals surface area contributed by atoms with Crippen LogP contribution in [0.15, 0.2) is 24.8 Å². The zero-order valence-corrected chi connectivity index (χ0v) is 10.8. The smallest absolute Gasteiger partial charge is 0.0952 e. The van der Waals surface area contributed by atoms with Crippen LogP contribution in [0.2, 0.25) is 0 Å². The third kappa shape index (κ3) is 2.39. The molecule has 92 valence electrons. The highest BCUT2D eigenvalue weighted by Crippen LogP contribution is 2.19. The quantitative estimate of drug-likeness (QED) is 0.861. The lowest BCUT2D eigenvalue weighted by atomic mass is 10.0. The average molecular weight is 233 g/mol. The molecule has 0 radical (unpaired) electrons. The van der Waals surface area contributed by atoms with Gasteiger partial charge in [0, 0.05) is 13.2 Å². The van der Waals surface area contributed by atoms with Gasteiger partial charge in [-0.05, 0) is 27.0 Å². The number of hydrogen-bond donors (Lipinski definition) is 1. The van der Waals surface area contributed by atoms with Gasteiger partial charge < -0.3 is 9.88 Å². The summed E-state index contributed by atoms with van der Waals surface area (Å²) < 4.78 is 3.94. The second kappa shape index (κ2) is 4.33. The van der Waals surface area contributed by atoms with Crippen molar-refractivity contribution in [3.05, 3.63) is 36.2 Å². The summed E-state index contributed by atoms with van der Waals surface area (Å²) in [7, 11) is 3.88. The van der Waals surface area contributed by atoms with E-state index in [9.17, 15) is 0 Å². The van der Waals surface area contributed by atoms with Crippen LogP contribution < -0.4 is 5.32 Å². The molecule has 0 fully saturated rings. The average Bonchev–Trinajstić information content (AvgIpc) is 2.89. The molecular weight excluding hydrogens is 214 g/mol. The van der Waals surface area contributed by atoms with Crippen LogP contribution in [-0.4, -0.2) is 26.4 Å². The van der Waals surface area contributed by atoms with Crippen molar-refractivity contribution in [1.82, 2.24) is 24.6 Å². The summed E-state index contributed by atoms with van der Waals surface area (Å²) in [5, 5.41) is 7.67. The Hall–Kier alpha value is -1.62. The van der Waals surface area contributed by atoms with Gasteiger partial charge in [-0.15, -0.1) is 0 Å². The standard InChI is InChI=1S/C12H19N5/c1-12(2,13-3)11-7-14-9-17(11)8-10-5-6-16(4)15-10/h5-7,9,13H,8H2,1-4H3. The fourth-order valence-electron chi connectivity index (χ4n) is 1.82. The lowest BCUT2D eigenvalue weighted by Gasteiger charge is -2.25. The van der Waals surface area contributed by atoms with Gasteiger partial charge in [0.2, 0.25) is 0 Å². The molecule has 5 heteroatoms. The summed E-state index contributed by atoms with van der Waals surface area (Å²) >= 11 is 0. The molecule has 0 bridgehead atoms. The van der Waals surface area contributed by atoms with Gasteiger partial charge in [-0.3, -0.25) is 4.68 Å². The summed E-state index contributed by atoms with van der Waals surface area (Å²) in [5.74, 6) is 0. The first-order valence-corrected chi connectivity index (χ1v) is 5.71. The lowest BCUT2D eigenvalue weighted by molar-refractivity contribution is 0.412. The summed E-state index contributed by atoms with van der Waals surface area (Å²) in [4.78, 5) is 4.23. The molecule has 5 nitrogen and oxygen atoms in total. The minimum absolute atomic E-state index is 0.0920. The number of imidazole rings is 1. The van der Waals surface area contributed by atoms with Gasteiger partial charge in [-0.2, -0.15) is 5.10 Å². The molecule has 0 aliphatic heterocycles. The van der Waals surface area contributed by atoms with E-state index in [-0.39, 0.29) is 5.54 Å². The zero-order chi connectivity index (χ0) is 12.5. The molecule has 0 atom stereocenters. The highest BCUT2D eigenvalue weighted by Gasteiger charge is 2.22. The maximum atomic E-state index is 4.38. The molecule has 1 N–H and O–H groups in total. The third-order valence-electron chi connectivity index (χ3n) is 3.08. The monoisotopic (exact) mass is 233 g/mol. The van der Waals surface area contributed by atoms with Gasteiger partial charge >= 0.3 is 0 Å². The molecule has 2 heterocycles. The van der Waals surface area contributed by atoms with Gasteiger partial charge in [0.1, 0.15) is 0 Å². The van der Waals surface area contributed by atoms with Crippen LogP contribution >= 0.6 is 0 Å². The van der Waals surface area contributed by atoms with Crippen molar-refractivity contribution < 1.29 is 0 Å². The minimum Gasteiger partial charge on any atom is -0.327 e. The number of nitrogens with zero attached hydrogens (tertiary/aromatic N) is 4. The molecule has 0 aromatic carbocycles. The van der Waals surface area contributed by atoms with E-state index in [1.807, 2.05) is 43.6 Å². The summed E-state index contributed by atoms with van der Waals surface area (Å²) in [6, 6.07) is 2.02. The molecule has 0 unspecified atom stereocenters. The van der Waals surface area contributed by atoms with E-state index in [4.69, 9.17) is 0 Å². The SMILES string of the molecule is CNC(C)(C)c1cncn1Cc1ccn(C)n1. The number of rotatable bonds is 4. The Bertz CT molecular complexity index is 494. The van der Waals surface area contributed by atoms with Crippen molar-refractivity contribution in [1.29, 1.82) is 0 Å². The normalized spacial score (nSPS) is 12.0. The number of nitrogens with one attached hydrogen (secondary N) is 1. The first-order valence-electron chi connectivity index (χ1n) is 5.71. The summed E-state index contributed by atoms with van der Waals surface area (Å²) in [6.07, 6.45) is 5.71. The van der Waals surface area contributed by atoms with E-state index in [0.29, 0.717) is 0 Å². The van der Waals surface area contributed by atoms with E-state index in [0.717, 1.165) is 17.9 Å². The molecule has 2 aromatic heterocycles. The van der Waals surface area contributed by atoms with Crippen molar-refractivity contribution in [3.63, 3.8) is 0 Å². The van der Waals surface area contributed by atoms with Gasteiger partial charge in [0.25, 0.3) is 0 Å². The van der Waals surface area contributed by atoms with E-state index in [1.54, 1.807) is 0 Å². The Labute approximate surface area is 101 Å². The highest BCUT2D eigenvalue weighted by atomic mass is 15.3. The van der Waals surface area contributed by atoms with Gasteiger partial charge in [0.05, 0.1) is 36.0 Å². The molecule has 0 spiro atoms. The van der Waals surface area contributed by atoms with Crippen LogP contribution in [0.3, 0.4) is 0 Å². The van der Waals surface area contributed by atoms with Crippen LogP contribution in [-0.2, 0) is 19.1 Å². The fraction of sp³-hybridized carbons (Fsp3) is 0.500. The molecule has 0 saturated heterocycles. The third-order valence-corrected chi connectivity index (χ3v) is 3.08. The molecule has 0 amide bonds. The molecule has 0 aliphatic rings. The van der Waals surface area contributed by atoms with Gasteiger partial charge in [0.15, 0.2) is 0 Å². The van der Waals surface area contributed by atoms with Crippen LogP contribution in [0.1, 0.15) is 25.2 Å². The van der Waals surface area contributed by atoms with Crippen LogP contribution in [0.5, 0.6) is 0 Å². The Morgan fingerprint density at radius 2 is 2.18 bits per heavy atom. The van der Waals surface area contributed by atoms with Crippen molar-refractivity contribution in [2.75, 3.05) is 7.05 Å². The Balaban J connectivity index is 2.26. The van der Waals surface area contributed by atoms with E-state index in [1.165, 1.54) is 0 Å². The van der Waals surface area contributed by atoms with E-state index >= 15 is 0 Å². The predicted octanol–water partition coefficient (Wildman–Crippen LogP) is 1.12. The van der Waals surface area contributed by atoms with E-state index in [2.05, 4.69) is 33.8 Å². The van der Waals surface area contributed by atoms with E-state index < -0.39 is 0 Å². The lowest BCUT2D eigenvalue weighted by Crippen LogP contribution is -2.35. The Morgan fingerprint density at radius 1 is 1.41 bits per heavy atom. The number of hydrogen-bond acceptors (Lipinski definition) is 3. The maximum absolute atomic E-state index is 4.38. The van der Waals surface area contributed by atoms with Crippen molar-refractivity contribution in [3.8, 4) is 0 Å². The summed E-state index contributed by atoms with van der Waals surface area (Å²) in [5.41, 5.74) is 2.11. The molecule has 0 saturated carbocycles. The Morgan fingerprint density at radius 3 is 2.76 bits per heavy atom. The fourth-order valence-corrected chi connectivity index (χ4v) is 1.82. The van der Waals surface area contributed by atoms with Crippen LogP contribution in [0.25, 0.3) is 0 Å². The minimum atomic E-state index is -0.0920. The van der Waals surface area contributed by atoms with Crippen molar-refractivity contribution >= 4 is 0 Å². The van der Waals surface area contributed by atoms with Crippen molar-refractivity contribution in [2.45, 2.75) is 25.9 Å². The predicted molar refractivity (Wildman–Crippen MR) is 66.6 cm³/mol. The molecule has 17 heavy (non-hydrogen) atoms. The molecule has 2 rings (SSSR count). The zero-order valence-electron chi connectivity index (χ0n) is 10.8. The van der Waals surface area contributed by atoms with Crippen LogP contribution in [0.4, 0.5) is 0 Å². The number of aromatic nitrogens is 4. The van der Waals surface area contributed by atoms with Crippen LogP contribution in [0, 0.1) is 0 Å². The molecule has 0 aliphatic carbocycles.